The van der Waals surface area contributed by atoms with E-state index >= 15 is 0 Å². The molecular weight excluding hydrogens is 395 g/mol. The van der Waals surface area contributed by atoms with Gasteiger partial charge in [0.1, 0.15) is 17.3 Å². The van der Waals surface area contributed by atoms with Crippen molar-refractivity contribution in [2.75, 3.05) is 18.0 Å². The second-order valence-corrected chi connectivity index (χ2v) is 7.89. The van der Waals surface area contributed by atoms with Crippen molar-refractivity contribution in [3.63, 3.8) is 0 Å². The molecule has 0 aromatic carbocycles. The van der Waals surface area contributed by atoms with Crippen LogP contribution in [0, 0.1) is 6.92 Å². The first kappa shape index (κ1) is 20.6. The van der Waals surface area contributed by atoms with E-state index in [2.05, 4.69) is 20.2 Å². The molecule has 30 heavy (non-hydrogen) atoms. The molecule has 1 saturated heterocycles. The van der Waals surface area contributed by atoms with Crippen LogP contribution in [0.3, 0.4) is 0 Å². The maximum atomic E-state index is 12.6. The molecule has 1 aliphatic carbocycles. The molecule has 1 N–H and O–H groups in total. The van der Waals surface area contributed by atoms with Crippen molar-refractivity contribution in [2.45, 2.75) is 57.7 Å². The number of anilines is 1. The van der Waals surface area contributed by atoms with E-state index in [0.717, 1.165) is 87.3 Å². The fourth-order valence-corrected chi connectivity index (χ4v) is 4.16. The number of fused-ring (bicyclic) bond motifs is 1. The number of carbonyl (C=O) groups excluding carboxylic acids is 1. The number of hydrogen-bond acceptors (Lipinski definition) is 5. The Morgan fingerprint density at radius 2 is 1.87 bits per heavy atom. The maximum Gasteiger partial charge on any atom is 0.433 e. The summed E-state index contributed by atoms with van der Waals surface area (Å²) in [4.78, 5) is 27.3. The molecule has 0 radical (unpaired) electrons. The number of nitrogens with one attached hydrogen (secondary N) is 1. The standard InChI is InChI=1S/C21H24F3N5O/c1-13-26-17-5-3-2-4-16(17)19(27-13)29-10-8-15(9-11-29)28-20(30)14-6-7-18(25-12-14)21(22,23)24/h6-7,12,15H,2-5,8-11H2,1H3,(H,28,30). The molecule has 9 heteroatoms. The summed E-state index contributed by atoms with van der Waals surface area (Å²) < 4.78 is 37.9. The lowest BCUT2D eigenvalue weighted by Crippen LogP contribution is -2.45. The molecule has 4 rings (SSSR count). The number of aryl methyl sites for hydroxylation is 2. The Kier molecular flexibility index (Phi) is 5.62. The van der Waals surface area contributed by atoms with E-state index in [1.165, 1.54) is 5.56 Å². The van der Waals surface area contributed by atoms with Crippen LogP contribution in [0.5, 0.6) is 0 Å². The fraction of sp³-hybridized carbons (Fsp3) is 0.524. The maximum absolute atomic E-state index is 12.6. The fourth-order valence-electron chi connectivity index (χ4n) is 4.16. The van der Waals surface area contributed by atoms with Gasteiger partial charge in [0, 0.05) is 36.6 Å². The molecule has 2 aliphatic rings. The Balaban J connectivity index is 1.37. The zero-order valence-corrected chi connectivity index (χ0v) is 16.8. The molecule has 160 valence electrons. The van der Waals surface area contributed by atoms with Gasteiger partial charge in [-0.2, -0.15) is 13.2 Å². The third kappa shape index (κ3) is 4.39. The van der Waals surface area contributed by atoms with Crippen LogP contribution in [0.2, 0.25) is 0 Å². The molecule has 1 amide bonds. The van der Waals surface area contributed by atoms with Crippen LogP contribution in [0.4, 0.5) is 19.0 Å². The van der Waals surface area contributed by atoms with Crippen molar-refractivity contribution in [2.24, 2.45) is 0 Å². The average molecular weight is 419 g/mol. The van der Waals surface area contributed by atoms with Crippen molar-refractivity contribution < 1.29 is 18.0 Å². The Morgan fingerprint density at radius 1 is 1.13 bits per heavy atom. The van der Waals surface area contributed by atoms with Crippen molar-refractivity contribution in [1.82, 2.24) is 20.3 Å². The summed E-state index contributed by atoms with van der Waals surface area (Å²) in [5, 5.41) is 2.92. The Morgan fingerprint density at radius 3 is 2.53 bits per heavy atom. The van der Waals surface area contributed by atoms with Gasteiger partial charge in [0.25, 0.3) is 5.91 Å². The third-order valence-electron chi connectivity index (χ3n) is 5.72. The van der Waals surface area contributed by atoms with Crippen molar-refractivity contribution >= 4 is 11.7 Å². The van der Waals surface area contributed by atoms with E-state index in [1.54, 1.807) is 0 Å². The highest BCUT2D eigenvalue weighted by Gasteiger charge is 2.32. The van der Waals surface area contributed by atoms with Gasteiger partial charge in [-0.15, -0.1) is 0 Å². The van der Waals surface area contributed by atoms with Gasteiger partial charge in [-0.3, -0.25) is 9.78 Å². The number of alkyl halides is 3. The molecule has 3 heterocycles. The van der Waals surface area contributed by atoms with Gasteiger partial charge in [0.05, 0.1) is 5.56 Å². The van der Waals surface area contributed by atoms with E-state index < -0.39 is 17.8 Å². The van der Waals surface area contributed by atoms with Crippen LogP contribution in [-0.2, 0) is 19.0 Å². The Bertz CT molecular complexity index is 921. The van der Waals surface area contributed by atoms with Crippen LogP contribution in [-0.4, -0.2) is 40.0 Å². The minimum atomic E-state index is -4.51. The monoisotopic (exact) mass is 419 g/mol. The highest BCUT2D eigenvalue weighted by atomic mass is 19.4. The molecule has 0 unspecified atom stereocenters. The van der Waals surface area contributed by atoms with Gasteiger partial charge in [0.15, 0.2) is 0 Å². The van der Waals surface area contributed by atoms with E-state index in [0.29, 0.717) is 0 Å². The number of carbonyl (C=O) groups is 1. The number of pyridine rings is 1. The zero-order valence-electron chi connectivity index (χ0n) is 16.8. The minimum absolute atomic E-state index is 0.0326. The van der Waals surface area contributed by atoms with Gasteiger partial charge in [0.2, 0.25) is 0 Å². The lowest BCUT2D eigenvalue weighted by molar-refractivity contribution is -0.141. The summed E-state index contributed by atoms with van der Waals surface area (Å²) in [5.41, 5.74) is 1.54. The van der Waals surface area contributed by atoms with Crippen molar-refractivity contribution in [3.05, 3.63) is 46.7 Å². The Hall–Kier alpha value is -2.71. The van der Waals surface area contributed by atoms with E-state index in [-0.39, 0.29) is 11.6 Å². The average Bonchev–Trinajstić information content (AvgIpc) is 2.73. The summed E-state index contributed by atoms with van der Waals surface area (Å²) in [7, 11) is 0. The van der Waals surface area contributed by atoms with E-state index in [9.17, 15) is 18.0 Å². The highest BCUT2D eigenvalue weighted by Crippen LogP contribution is 2.30. The van der Waals surface area contributed by atoms with Crippen LogP contribution in [0.25, 0.3) is 0 Å². The molecule has 0 atom stereocenters. The molecule has 0 spiro atoms. The van der Waals surface area contributed by atoms with Crippen LogP contribution in [0.1, 0.15) is 58.8 Å². The summed E-state index contributed by atoms with van der Waals surface area (Å²) in [6.45, 7) is 3.45. The van der Waals surface area contributed by atoms with Gasteiger partial charge < -0.3 is 10.2 Å². The second kappa shape index (κ2) is 8.20. The SMILES string of the molecule is Cc1nc2c(c(N3CCC(NC(=O)c4ccc(C(F)(F)F)nc4)CC3)n1)CCCC2. The van der Waals surface area contributed by atoms with Crippen molar-refractivity contribution in [1.29, 1.82) is 0 Å². The smallest absolute Gasteiger partial charge is 0.356 e. The highest BCUT2D eigenvalue weighted by molar-refractivity contribution is 5.94. The van der Waals surface area contributed by atoms with Gasteiger partial charge in [-0.05, 0) is 57.6 Å². The Labute approximate surface area is 172 Å². The summed E-state index contributed by atoms with van der Waals surface area (Å²) in [6, 6.07) is 1.96. The molecule has 1 fully saturated rings. The number of rotatable bonds is 3. The third-order valence-corrected chi connectivity index (χ3v) is 5.72. The van der Waals surface area contributed by atoms with Crippen LogP contribution < -0.4 is 10.2 Å². The zero-order chi connectivity index (χ0) is 21.3. The molecule has 2 aromatic heterocycles. The van der Waals surface area contributed by atoms with E-state index in [1.807, 2.05) is 6.92 Å². The first-order valence-corrected chi connectivity index (χ1v) is 10.3. The van der Waals surface area contributed by atoms with Gasteiger partial charge >= 0.3 is 6.18 Å². The largest absolute Gasteiger partial charge is 0.433 e. The number of aromatic nitrogens is 3. The summed E-state index contributed by atoms with van der Waals surface area (Å²) in [5.74, 6) is 1.41. The number of nitrogens with zero attached hydrogens (tertiary/aromatic N) is 4. The number of hydrogen-bond donors (Lipinski definition) is 1. The van der Waals surface area contributed by atoms with Crippen LogP contribution >= 0.6 is 0 Å². The van der Waals surface area contributed by atoms with Crippen molar-refractivity contribution in [3.8, 4) is 0 Å². The lowest BCUT2D eigenvalue weighted by Gasteiger charge is -2.35. The molecule has 6 nitrogen and oxygen atoms in total. The number of amides is 1. The molecular formula is C21H24F3N5O. The first-order chi connectivity index (χ1) is 14.3. The van der Waals surface area contributed by atoms with E-state index in [4.69, 9.17) is 4.98 Å². The predicted octanol–water partition coefficient (Wildman–Crippen LogP) is 3.48. The normalized spacial score (nSPS) is 17.5. The summed E-state index contributed by atoms with van der Waals surface area (Å²) >= 11 is 0. The minimum Gasteiger partial charge on any atom is -0.356 e. The lowest BCUT2D eigenvalue weighted by atomic mass is 9.95. The number of halogens is 3. The molecule has 0 saturated carbocycles. The quantitative estimate of drug-likeness (QED) is 0.825. The summed E-state index contributed by atoms with van der Waals surface area (Å²) in [6.07, 6.45) is 2.27. The predicted molar refractivity (Wildman–Crippen MR) is 105 cm³/mol. The van der Waals surface area contributed by atoms with Gasteiger partial charge in [-0.25, -0.2) is 9.97 Å². The number of piperidine rings is 1. The first-order valence-electron chi connectivity index (χ1n) is 10.3. The van der Waals surface area contributed by atoms with Gasteiger partial charge in [-0.1, -0.05) is 0 Å². The van der Waals surface area contributed by atoms with Crippen LogP contribution in [0.15, 0.2) is 18.3 Å². The topological polar surface area (TPSA) is 71.0 Å². The second-order valence-electron chi connectivity index (χ2n) is 7.89. The molecule has 1 aliphatic heterocycles. The molecule has 0 bridgehead atoms. The molecule has 2 aromatic rings.